The minimum Gasteiger partial charge on any atom is -0.497 e. The Labute approximate surface area is 130 Å². The van der Waals surface area contributed by atoms with Gasteiger partial charge in [-0.2, -0.15) is 0 Å². The van der Waals surface area contributed by atoms with Gasteiger partial charge in [-0.25, -0.2) is 4.98 Å². The summed E-state index contributed by atoms with van der Waals surface area (Å²) in [7, 11) is 1.63. The van der Waals surface area contributed by atoms with Crippen molar-refractivity contribution in [1.29, 1.82) is 0 Å². The standard InChI is InChI=1S/C17H22N2O3/c1-17(2,3)19-15(20)9-10-16-18-11-14(22-16)12-5-7-13(21-4)8-6-12/h5-8,11H,9-10H2,1-4H3,(H,19,20). The monoisotopic (exact) mass is 302 g/mol. The van der Waals surface area contributed by atoms with Crippen LogP contribution >= 0.6 is 0 Å². The first-order valence-electron chi connectivity index (χ1n) is 7.27. The van der Waals surface area contributed by atoms with Crippen LogP contribution in [0.15, 0.2) is 34.9 Å². The number of hydrogen-bond acceptors (Lipinski definition) is 4. The molecule has 0 saturated heterocycles. The smallest absolute Gasteiger partial charge is 0.220 e. The molecule has 118 valence electrons. The van der Waals surface area contributed by atoms with E-state index in [0.717, 1.165) is 11.3 Å². The van der Waals surface area contributed by atoms with Crippen molar-refractivity contribution in [1.82, 2.24) is 10.3 Å². The van der Waals surface area contributed by atoms with Gasteiger partial charge in [0.05, 0.1) is 13.3 Å². The SMILES string of the molecule is COc1ccc(-c2cnc(CCC(=O)NC(C)(C)C)o2)cc1. The third-order valence-corrected chi connectivity index (χ3v) is 3.01. The van der Waals surface area contributed by atoms with Crippen molar-refractivity contribution < 1.29 is 13.9 Å². The average molecular weight is 302 g/mol. The summed E-state index contributed by atoms with van der Waals surface area (Å²) in [5.41, 5.74) is 0.709. The molecule has 5 nitrogen and oxygen atoms in total. The Kier molecular flexibility index (Phi) is 4.85. The Morgan fingerprint density at radius 2 is 1.95 bits per heavy atom. The topological polar surface area (TPSA) is 64.4 Å². The predicted octanol–water partition coefficient (Wildman–Crippen LogP) is 3.20. The Morgan fingerprint density at radius 1 is 1.27 bits per heavy atom. The van der Waals surface area contributed by atoms with Crippen molar-refractivity contribution in [3.05, 3.63) is 36.4 Å². The summed E-state index contributed by atoms with van der Waals surface area (Å²) in [5.74, 6) is 2.04. The number of benzene rings is 1. The Bertz CT molecular complexity index is 624. The molecule has 0 unspecified atom stereocenters. The molecule has 2 aromatic rings. The Hall–Kier alpha value is -2.30. The highest BCUT2D eigenvalue weighted by molar-refractivity contribution is 5.76. The summed E-state index contributed by atoms with van der Waals surface area (Å²) in [6.07, 6.45) is 2.52. The van der Waals surface area contributed by atoms with Gasteiger partial charge in [0.1, 0.15) is 5.75 Å². The van der Waals surface area contributed by atoms with Gasteiger partial charge in [-0.15, -0.1) is 0 Å². The van der Waals surface area contributed by atoms with Crippen LogP contribution in [0, 0.1) is 0 Å². The lowest BCUT2D eigenvalue weighted by Gasteiger charge is -2.20. The number of oxazole rings is 1. The highest BCUT2D eigenvalue weighted by atomic mass is 16.5. The second-order valence-electron chi connectivity index (χ2n) is 6.14. The van der Waals surface area contributed by atoms with Crippen molar-refractivity contribution in [2.24, 2.45) is 0 Å². The number of aromatic nitrogens is 1. The van der Waals surface area contributed by atoms with Gasteiger partial charge >= 0.3 is 0 Å². The largest absolute Gasteiger partial charge is 0.497 e. The highest BCUT2D eigenvalue weighted by Crippen LogP contribution is 2.23. The minimum atomic E-state index is -0.220. The number of methoxy groups -OCH3 is 1. The van der Waals surface area contributed by atoms with E-state index >= 15 is 0 Å². The second kappa shape index (κ2) is 6.64. The lowest BCUT2D eigenvalue weighted by Crippen LogP contribution is -2.40. The first kappa shape index (κ1) is 16.1. The van der Waals surface area contributed by atoms with Gasteiger partial charge in [0.2, 0.25) is 5.91 Å². The Balaban J connectivity index is 1.95. The van der Waals surface area contributed by atoms with Gasteiger partial charge in [-0.05, 0) is 45.0 Å². The van der Waals surface area contributed by atoms with Crippen LogP contribution in [0.3, 0.4) is 0 Å². The quantitative estimate of drug-likeness (QED) is 0.921. The van der Waals surface area contributed by atoms with Gasteiger partial charge in [-0.3, -0.25) is 4.79 Å². The number of rotatable bonds is 5. The van der Waals surface area contributed by atoms with E-state index in [1.54, 1.807) is 13.3 Å². The van der Waals surface area contributed by atoms with Gasteiger partial charge in [-0.1, -0.05) is 0 Å². The van der Waals surface area contributed by atoms with Crippen molar-refractivity contribution in [2.75, 3.05) is 7.11 Å². The van der Waals surface area contributed by atoms with Crippen molar-refractivity contribution in [2.45, 2.75) is 39.2 Å². The lowest BCUT2D eigenvalue weighted by atomic mass is 10.1. The molecule has 0 atom stereocenters. The number of amides is 1. The zero-order valence-corrected chi connectivity index (χ0v) is 13.5. The molecule has 0 fully saturated rings. The van der Waals surface area contributed by atoms with E-state index in [9.17, 15) is 4.79 Å². The molecule has 1 amide bonds. The van der Waals surface area contributed by atoms with Crippen LogP contribution in [-0.4, -0.2) is 23.5 Å². The van der Waals surface area contributed by atoms with E-state index < -0.39 is 0 Å². The van der Waals surface area contributed by atoms with Gasteiger partial charge in [0.15, 0.2) is 11.7 Å². The number of hydrogen-bond donors (Lipinski definition) is 1. The third kappa shape index (κ3) is 4.62. The van der Waals surface area contributed by atoms with Gasteiger partial charge in [0.25, 0.3) is 0 Å². The molecular formula is C17H22N2O3. The van der Waals surface area contributed by atoms with E-state index in [0.29, 0.717) is 24.5 Å². The van der Waals surface area contributed by atoms with Crippen molar-refractivity contribution >= 4 is 5.91 Å². The van der Waals surface area contributed by atoms with Crippen LogP contribution in [0.2, 0.25) is 0 Å². The molecule has 1 aromatic carbocycles. The summed E-state index contributed by atoms with van der Waals surface area (Å²) >= 11 is 0. The maximum Gasteiger partial charge on any atom is 0.220 e. The molecule has 1 aromatic heterocycles. The van der Waals surface area contributed by atoms with Crippen LogP contribution in [0.1, 0.15) is 33.1 Å². The van der Waals surface area contributed by atoms with Gasteiger partial charge < -0.3 is 14.5 Å². The molecule has 5 heteroatoms. The summed E-state index contributed by atoms with van der Waals surface area (Å²) in [6.45, 7) is 5.87. The molecule has 0 bridgehead atoms. The summed E-state index contributed by atoms with van der Waals surface area (Å²) < 4.78 is 10.8. The molecule has 1 heterocycles. The number of ether oxygens (including phenoxy) is 1. The Morgan fingerprint density at radius 3 is 2.55 bits per heavy atom. The van der Waals surface area contributed by atoms with E-state index in [1.165, 1.54) is 0 Å². The highest BCUT2D eigenvalue weighted by Gasteiger charge is 2.14. The van der Waals surface area contributed by atoms with Gasteiger partial charge in [0, 0.05) is 23.9 Å². The molecule has 0 aliphatic carbocycles. The molecule has 22 heavy (non-hydrogen) atoms. The van der Waals surface area contributed by atoms with Crippen LogP contribution in [0.4, 0.5) is 0 Å². The lowest BCUT2D eigenvalue weighted by molar-refractivity contribution is -0.122. The molecule has 0 spiro atoms. The zero-order chi connectivity index (χ0) is 16.2. The summed E-state index contributed by atoms with van der Waals surface area (Å²) in [6, 6.07) is 7.56. The first-order chi connectivity index (χ1) is 10.4. The van der Waals surface area contributed by atoms with Crippen LogP contribution < -0.4 is 10.1 Å². The molecule has 1 N–H and O–H groups in total. The van der Waals surface area contributed by atoms with Crippen LogP contribution in [0.25, 0.3) is 11.3 Å². The van der Waals surface area contributed by atoms with E-state index in [4.69, 9.17) is 9.15 Å². The van der Waals surface area contributed by atoms with Crippen LogP contribution in [0.5, 0.6) is 5.75 Å². The molecule has 2 rings (SSSR count). The molecule has 0 aliphatic rings. The fourth-order valence-corrected chi connectivity index (χ4v) is 2.02. The fraction of sp³-hybridized carbons (Fsp3) is 0.412. The van der Waals surface area contributed by atoms with Crippen LogP contribution in [-0.2, 0) is 11.2 Å². The second-order valence-corrected chi connectivity index (χ2v) is 6.14. The van der Waals surface area contributed by atoms with E-state index in [2.05, 4.69) is 10.3 Å². The zero-order valence-electron chi connectivity index (χ0n) is 13.5. The molecular weight excluding hydrogens is 280 g/mol. The summed E-state index contributed by atoms with van der Waals surface area (Å²) in [4.78, 5) is 16.0. The average Bonchev–Trinajstić information content (AvgIpc) is 2.92. The number of nitrogens with zero attached hydrogens (tertiary/aromatic N) is 1. The maximum absolute atomic E-state index is 11.8. The number of nitrogens with one attached hydrogen (secondary N) is 1. The maximum atomic E-state index is 11.8. The van der Waals surface area contributed by atoms with Crippen molar-refractivity contribution in [3.63, 3.8) is 0 Å². The molecule has 0 saturated carbocycles. The van der Waals surface area contributed by atoms with Crippen molar-refractivity contribution in [3.8, 4) is 17.1 Å². The number of aryl methyl sites for hydroxylation is 1. The fourth-order valence-electron chi connectivity index (χ4n) is 2.02. The minimum absolute atomic E-state index is 0.00306. The first-order valence-corrected chi connectivity index (χ1v) is 7.27. The van der Waals surface area contributed by atoms with E-state index in [1.807, 2.05) is 45.0 Å². The number of carbonyl (C=O) groups excluding carboxylic acids is 1. The molecule has 0 radical (unpaired) electrons. The van der Waals surface area contributed by atoms with E-state index in [-0.39, 0.29) is 11.4 Å². The third-order valence-electron chi connectivity index (χ3n) is 3.01. The molecule has 0 aliphatic heterocycles. The number of carbonyl (C=O) groups is 1. The predicted molar refractivity (Wildman–Crippen MR) is 84.7 cm³/mol. The normalized spacial score (nSPS) is 11.3. The summed E-state index contributed by atoms with van der Waals surface area (Å²) in [5, 5.41) is 2.92.